The van der Waals surface area contributed by atoms with Gasteiger partial charge in [0.05, 0.1) is 32.3 Å². The van der Waals surface area contributed by atoms with E-state index < -0.39 is 0 Å². The van der Waals surface area contributed by atoms with Crippen molar-refractivity contribution in [2.75, 3.05) is 50.7 Å². The third-order valence-corrected chi connectivity index (χ3v) is 5.93. The van der Waals surface area contributed by atoms with E-state index in [-0.39, 0.29) is 11.8 Å². The normalized spacial score (nSPS) is 19.7. The van der Waals surface area contributed by atoms with Crippen LogP contribution in [0.25, 0.3) is 0 Å². The molecule has 0 spiro atoms. The van der Waals surface area contributed by atoms with Crippen molar-refractivity contribution >= 4 is 28.2 Å². The number of aromatic nitrogens is 1. The van der Waals surface area contributed by atoms with Crippen LogP contribution in [0.15, 0.2) is 18.2 Å². The van der Waals surface area contributed by atoms with E-state index in [0.29, 0.717) is 25.5 Å². The number of thiazole rings is 1. The maximum absolute atomic E-state index is 12.3. The number of anilines is 2. The summed E-state index contributed by atoms with van der Waals surface area (Å²) in [6, 6.07) is 5.72. The van der Waals surface area contributed by atoms with Crippen LogP contribution in [0.3, 0.4) is 0 Å². The van der Waals surface area contributed by atoms with E-state index >= 15 is 0 Å². The highest BCUT2D eigenvalue weighted by atomic mass is 32.1. The van der Waals surface area contributed by atoms with Crippen molar-refractivity contribution in [1.82, 2.24) is 4.98 Å². The van der Waals surface area contributed by atoms with Crippen molar-refractivity contribution < 1.29 is 19.0 Å². The van der Waals surface area contributed by atoms with Gasteiger partial charge in [0.25, 0.3) is 0 Å². The second-order valence-electron chi connectivity index (χ2n) is 6.22. The van der Waals surface area contributed by atoms with Crippen LogP contribution in [0.2, 0.25) is 0 Å². The fourth-order valence-corrected chi connectivity index (χ4v) is 4.55. The zero-order valence-electron chi connectivity index (χ0n) is 14.8. The van der Waals surface area contributed by atoms with Crippen LogP contribution in [0, 0.1) is 0 Å². The van der Waals surface area contributed by atoms with Crippen LogP contribution in [0.5, 0.6) is 11.5 Å². The molecular formula is C18H21N3O4S. The summed E-state index contributed by atoms with van der Waals surface area (Å²) in [6.07, 6.45) is 0.375. The predicted molar refractivity (Wildman–Crippen MR) is 99.8 cm³/mol. The Kier molecular flexibility index (Phi) is 4.69. The molecule has 1 saturated heterocycles. The lowest BCUT2D eigenvalue weighted by molar-refractivity contribution is -0.116. The number of methoxy groups -OCH3 is 2. The topological polar surface area (TPSA) is 72.9 Å². The van der Waals surface area contributed by atoms with Gasteiger partial charge in [-0.05, 0) is 6.07 Å². The molecule has 1 N–H and O–H groups in total. The molecule has 1 aromatic heterocycles. The number of nitrogens with one attached hydrogen (secondary N) is 1. The Morgan fingerprint density at radius 3 is 2.81 bits per heavy atom. The van der Waals surface area contributed by atoms with Crippen LogP contribution in [-0.2, 0) is 9.53 Å². The second kappa shape index (κ2) is 7.13. The number of carbonyl (C=O) groups is 1. The minimum Gasteiger partial charge on any atom is -0.497 e. The summed E-state index contributed by atoms with van der Waals surface area (Å²) < 4.78 is 16.3. The third-order valence-electron chi connectivity index (χ3n) is 4.70. The fourth-order valence-electron chi connectivity index (χ4n) is 3.35. The van der Waals surface area contributed by atoms with Crippen molar-refractivity contribution in [3.05, 3.63) is 28.6 Å². The monoisotopic (exact) mass is 375 g/mol. The second-order valence-corrected chi connectivity index (χ2v) is 7.23. The van der Waals surface area contributed by atoms with E-state index in [4.69, 9.17) is 14.2 Å². The Morgan fingerprint density at radius 2 is 2.08 bits per heavy atom. The molecule has 1 aromatic carbocycles. The fraction of sp³-hybridized carbons (Fsp3) is 0.444. The van der Waals surface area contributed by atoms with Crippen molar-refractivity contribution in [3.63, 3.8) is 0 Å². The van der Waals surface area contributed by atoms with Gasteiger partial charge in [-0.1, -0.05) is 17.4 Å². The first-order valence-electron chi connectivity index (χ1n) is 8.54. The lowest BCUT2D eigenvalue weighted by Crippen LogP contribution is -2.36. The van der Waals surface area contributed by atoms with Crippen LogP contribution >= 0.6 is 11.3 Å². The van der Waals surface area contributed by atoms with Gasteiger partial charge in [0.15, 0.2) is 5.13 Å². The highest BCUT2D eigenvalue weighted by molar-refractivity contribution is 7.16. The lowest BCUT2D eigenvalue weighted by Gasteiger charge is -2.26. The number of fused-ring (bicyclic) bond motifs is 1. The number of benzene rings is 1. The molecule has 2 aliphatic heterocycles. The van der Waals surface area contributed by atoms with E-state index in [9.17, 15) is 4.79 Å². The van der Waals surface area contributed by atoms with Crippen molar-refractivity contribution in [1.29, 1.82) is 0 Å². The summed E-state index contributed by atoms with van der Waals surface area (Å²) in [7, 11) is 3.26. The number of morpholine rings is 1. The van der Waals surface area contributed by atoms with Crippen molar-refractivity contribution in [2.45, 2.75) is 12.3 Å². The van der Waals surface area contributed by atoms with Gasteiger partial charge in [-0.2, -0.15) is 0 Å². The van der Waals surface area contributed by atoms with Gasteiger partial charge < -0.3 is 24.4 Å². The average molecular weight is 375 g/mol. The molecule has 2 aliphatic rings. The van der Waals surface area contributed by atoms with Gasteiger partial charge in [0.2, 0.25) is 5.91 Å². The number of hydrogen-bond donors (Lipinski definition) is 1. The van der Waals surface area contributed by atoms with E-state index in [1.165, 1.54) is 0 Å². The van der Waals surface area contributed by atoms with Crippen LogP contribution in [0.1, 0.15) is 22.8 Å². The summed E-state index contributed by atoms with van der Waals surface area (Å²) in [5, 5.41) is 3.84. The Hall–Kier alpha value is -2.32. The Morgan fingerprint density at radius 1 is 1.27 bits per heavy atom. The standard InChI is InChI=1S/C18H21N3O4S/c1-23-11-3-4-12(14(9-11)24-2)13-10-15(22)19-17-16(13)26-18(20-17)21-5-7-25-8-6-21/h3-4,9,13H,5-8,10H2,1-2H3,(H,19,22)/t13-/m1/s1. The molecule has 2 aromatic rings. The number of amides is 1. The maximum Gasteiger partial charge on any atom is 0.226 e. The minimum absolute atomic E-state index is 0.0285. The first-order chi connectivity index (χ1) is 12.7. The van der Waals surface area contributed by atoms with Gasteiger partial charge in [-0.15, -0.1) is 0 Å². The van der Waals surface area contributed by atoms with Gasteiger partial charge >= 0.3 is 0 Å². The third kappa shape index (κ3) is 3.10. The number of hydrogen-bond acceptors (Lipinski definition) is 7. The molecule has 1 amide bonds. The van der Waals surface area contributed by atoms with E-state index in [1.54, 1.807) is 25.6 Å². The minimum atomic E-state index is -0.0769. The quantitative estimate of drug-likeness (QED) is 0.885. The Balaban J connectivity index is 1.73. The first kappa shape index (κ1) is 17.1. The molecule has 0 saturated carbocycles. The van der Waals surface area contributed by atoms with Crippen LogP contribution in [0.4, 0.5) is 10.9 Å². The maximum atomic E-state index is 12.3. The summed E-state index contributed by atoms with van der Waals surface area (Å²) >= 11 is 1.63. The molecule has 1 fully saturated rings. The van der Waals surface area contributed by atoms with Gasteiger partial charge in [0.1, 0.15) is 17.3 Å². The molecule has 26 heavy (non-hydrogen) atoms. The summed E-state index contributed by atoms with van der Waals surface area (Å²) in [6.45, 7) is 3.03. The summed E-state index contributed by atoms with van der Waals surface area (Å²) in [5.74, 6) is 2.00. The Labute approximate surface area is 155 Å². The molecule has 0 bridgehead atoms. The summed E-state index contributed by atoms with van der Waals surface area (Å²) in [4.78, 5) is 20.2. The number of rotatable bonds is 4. The molecule has 3 heterocycles. The van der Waals surface area contributed by atoms with Gasteiger partial charge in [0, 0.05) is 37.1 Å². The SMILES string of the molecule is COc1ccc([C@H]2CC(=O)Nc3nc(N4CCOCC4)sc32)c(OC)c1. The average Bonchev–Trinajstić information content (AvgIpc) is 3.11. The van der Waals surface area contributed by atoms with Crippen molar-refractivity contribution in [3.8, 4) is 11.5 Å². The molecular weight excluding hydrogens is 354 g/mol. The highest BCUT2D eigenvalue weighted by Gasteiger charge is 2.33. The molecule has 8 heteroatoms. The molecule has 0 unspecified atom stereocenters. The van der Waals surface area contributed by atoms with Gasteiger partial charge in [-0.3, -0.25) is 4.79 Å². The van der Waals surface area contributed by atoms with Crippen LogP contribution < -0.4 is 19.7 Å². The number of carbonyl (C=O) groups excluding carboxylic acids is 1. The molecule has 1 atom stereocenters. The van der Waals surface area contributed by atoms with Crippen LogP contribution in [-0.4, -0.2) is 51.4 Å². The lowest BCUT2D eigenvalue weighted by atomic mass is 9.90. The smallest absolute Gasteiger partial charge is 0.226 e. The first-order valence-corrected chi connectivity index (χ1v) is 9.36. The molecule has 4 rings (SSSR count). The zero-order chi connectivity index (χ0) is 18.1. The number of nitrogens with zero attached hydrogens (tertiary/aromatic N) is 2. The predicted octanol–water partition coefficient (Wildman–Crippen LogP) is 2.47. The van der Waals surface area contributed by atoms with E-state index in [2.05, 4.69) is 15.2 Å². The molecule has 0 aliphatic carbocycles. The molecule has 0 radical (unpaired) electrons. The number of ether oxygens (including phenoxy) is 3. The zero-order valence-corrected chi connectivity index (χ0v) is 15.6. The molecule has 138 valence electrons. The molecule has 7 nitrogen and oxygen atoms in total. The highest BCUT2D eigenvalue weighted by Crippen LogP contribution is 2.46. The van der Waals surface area contributed by atoms with Crippen molar-refractivity contribution in [2.24, 2.45) is 0 Å². The van der Waals surface area contributed by atoms with Gasteiger partial charge in [-0.25, -0.2) is 4.98 Å². The van der Waals surface area contributed by atoms with E-state index in [0.717, 1.165) is 40.2 Å². The Bertz CT molecular complexity index is 817. The largest absolute Gasteiger partial charge is 0.497 e. The summed E-state index contributed by atoms with van der Waals surface area (Å²) in [5.41, 5.74) is 0.974. The van der Waals surface area contributed by atoms with E-state index in [1.807, 2.05) is 18.2 Å².